The van der Waals surface area contributed by atoms with Crippen molar-refractivity contribution in [2.24, 2.45) is 0 Å². The predicted molar refractivity (Wildman–Crippen MR) is 81.9 cm³/mol. The van der Waals surface area contributed by atoms with Gasteiger partial charge in [0.25, 0.3) is 0 Å². The average molecular weight is 323 g/mol. The maximum absolute atomic E-state index is 12.8. The van der Waals surface area contributed by atoms with Crippen LogP contribution in [-0.2, 0) is 30.9 Å². The van der Waals surface area contributed by atoms with E-state index in [-0.39, 0.29) is 18.6 Å². The number of ether oxygens (including phenoxy) is 2. The average Bonchev–Trinajstić information content (AvgIpc) is 2.92. The molecule has 3 rings (SSSR count). The second-order valence-corrected chi connectivity index (χ2v) is 6.65. The summed E-state index contributed by atoms with van der Waals surface area (Å²) in [4.78, 5) is 24.1. The minimum absolute atomic E-state index is 0.0927. The molecule has 0 N–H and O–H groups in total. The van der Waals surface area contributed by atoms with Crippen LogP contribution in [0.2, 0.25) is 0 Å². The Hall–Kier alpha value is -1.23. The van der Waals surface area contributed by atoms with Crippen LogP contribution in [0.3, 0.4) is 0 Å². The van der Waals surface area contributed by atoms with Crippen LogP contribution >= 0.6 is 11.6 Å². The number of hydrogen-bond donors (Lipinski definition) is 0. The maximum Gasteiger partial charge on any atom is 0.226 e. The summed E-state index contributed by atoms with van der Waals surface area (Å²) in [6, 6.07) is 7.53. The third-order valence-corrected chi connectivity index (χ3v) is 4.94. The Morgan fingerprint density at radius 1 is 1.23 bits per heavy atom. The Bertz CT molecular complexity index is 606. The first-order chi connectivity index (χ1) is 10.5. The molecular weight excluding hydrogens is 304 g/mol. The number of benzene rings is 1. The smallest absolute Gasteiger partial charge is 0.226 e. The molecule has 1 aromatic rings. The van der Waals surface area contributed by atoms with Crippen molar-refractivity contribution in [1.29, 1.82) is 0 Å². The molecule has 1 aromatic carbocycles. The van der Waals surface area contributed by atoms with E-state index in [9.17, 15) is 9.59 Å². The van der Waals surface area contributed by atoms with Crippen LogP contribution in [0.1, 0.15) is 37.3 Å². The molecule has 22 heavy (non-hydrogen) atoms. The highest BCUT2D eigenvalue weighted by Gasteiger charge is 2.50. The number of Topliss-reactive ketones (excluding diaryl/α,β-unsaturated/α-hetero) is 1. The second kappa shape index (κ2) is 5.76. The Morgan fingerprint density at radius 3 is 2.55 bits per heavy atom. The second-order valence-electron chi connectivity index (χ2n) is 6.23. The molecule has 0 amide bonds. The Balaban J connectivity index is 1.91. The maximum atomic E-state index is 12.8. The van der Waals surface area contributed by atoms with Crippen molar-refractivity contribution in [3.63, 3.8) is 0 Å². The first-order valence-corrected chi connectivity index (χ1v) is 7.91. The molecule has 1 unspecified atom stereocenters. The third kappa shape index (κ3) is 2.71. The van der Waals surface area contributed by atoms with Gasteiger partial charge in [-0.05, 0) is 36.1 Å². The standard InChI is InChI=1S/C17H19ClO4/c1-16(13-5-3-2-4-12(13)10-15(18)20)6-7-17(11-14(16)19)21-8-9-22-17/h2-5H,6-11H2,1H3. The minimum Gasteiger partial charge on any atom is -0.347 e. The minimum atomic E-state index is -0.728. The molecule has 1 saturated carbocycles. The topological polar surface area (TPSA) is 52.6 Å². The van der Waals surface area contributed by atoms with Gasteiger partial charge in [0, 0.05) is 12.8 Å². The molecule has 0 bridgehead atoms. The monoisotopic (exact) mass is 322 g/mol. The Kier molecular flexibility index (Phi) is 4.10. The molecule has 1 heterocycles. The summed E-state index contributed by atoms with van der Waals surface area (Å²) in [6.07, 6.45) is 1.71. The summed E-state index contributed by atoms with van der Waals surface area (Å²) >= 11 is 5.54. The summed E-state index contributed by atoms with van der Waals surface area (Å²) in [7, 11) is 0. The third-order valence-electron chi connectivity index (χ3n) is 4.81. The number of hydrogen-bond acceptors (Lipinski definition) is 4. The lowest BCUT2D eigenvalue weighted by Crippen LogP contribution is -2.48. The van der Waals surface area contributed by atoms with Gasteiger partial charge in [-0.15, -0.1) is 0 Å². The van der Waals surface area contributed by atoms with E-state index < -0.39 is 16.4 Å². The van der Waals surface area contributed by atoms with Crippen LogP contribution in [0.5, 0.6) is 0 Å². The number of ketones is 1. The van der Waals surface area contributed by atoms with Gasteiger partial charge < -0.3 is 9.47 Å². The van der Waals surface area contributed by atoms with E-state index in [0.29, 0.717) is 26.1 Å². The van der Waals surface area contributed by atoms with Gasteiger partial charge in [-0.1, -0.05) is 24.3 Å². The first-order valence-electron chi connectivity index (χ1n) is 7.53. The van der Waals surface area contributed by atoms with Crippen LogP contribution in [0, 0.1) is 0 Å². The number of carbonyl (C=O) groups is 2. The van der Waals surface area contributed by atoms with E-state index in [2.05, 4.69) is 0 Å². The molecule has 1 atom stereocenters. The zero-order chi connectivity index (χ0) is 15.8. The van der Waals surface area contributed by atoms with Gasteiger partial charge in [-0.25, -0.2) is 0 Å². The normalized spacial score (nSPS) is 27.3. The van der Waals surface area contributed by atoms with Crippen LogP contribution in [-0.4, -0.2) is 30.0 Å². The SMILES string of the molecule is CC1(c2ccccc2CC(=O)Cl)CCC2(CC1=O)OCCO2. The van der Waals surface area contributed by atoms with E-state index in [0.717, 1.165) is 11.1 Å². The molecule has 2 aliphatic rings. The molecule has 0 radical (unpaired) electrons. The fraction of sp³-hybridized carbons (Fsp3) is 0.529. The van der Waals surface area contributed by atoms with E-state index >= 15 is 0 Å². The highest BCUT2D eigenvalue weighted by atomic mass is 35.5. The fourth-order valence-corrected chi connectivity index (χ4v) is 3.64. The van der Waals surface area contributed by atoms with Crippen molar-refractivity contribution in [2.75, 3.05) is 13.2 Å². The van der Waals surface area contributed by atoms with Crippen LogP contribution in [0.25, 0.3) is 0 Å². The number of carbonyl (C=O) groups excluding carboxylic acids is 2. The summed E-state index contributed by atoms with van der Waals surface area (Å²) in [5, 5.41) is -0.418. The van der Waals surface area contributed by atoms with Crippen molar-refractivity contribution in [3.05, 3.63) is 35.4 Å². The van der Waals surface area contributed by atoms with E-state index in [1.807, 2.05) is 31.2 Å². The fourth-order valence-electron chi connectivity index (χ4n) is 3.50. The molecule has 4 nitrogen and oxygen atoms in total. The molecule has 2 fully saturated rings. The van der Waals surface area contributed by atoms with Gasteiger partial charge in [0.15, 0.2) is 5.79 Å². The van der Waals surface area contributed by atoms with Crippen molar-refractivity contribution >= 4 is 22.6 Å². The zero-order valence-corrected chi connectivity index (χ0v) is 13.3. The van der Waals surface area contributed by atoms with Gasteiger partial charge in [0.05, 0.1) is 25.0 Å². The lowest BCUT2D eigenvalue weighted by molar-refractivity contribution is -0.187. The van der Waals surface area contributed by atoms with Crippen molar-refractivity contribution in [2.45, 2.75) is 43.8 Å². The molecule has 1 spiro atoms. The van der Waals surface area contributed by atoms with Gasteiger partial charge in [0.1, 0.15) is 5.78 Å². The molecule has 118 valence electrons. The van der Waals surface area contributed by atoms with Gasteiger partial charge in [0.2, 0.25) is 5.24 Å². The summed E-state index contributed by atoms with van der Waals surface area (Å²) in [5.74, 6) is -0.636. The van der Waals surface area contributed by atoms with Gasteiger partial charge in [-0.3, -0.25) is 9.59 Å². The van der Waals surface area contributed by atoms with Crippen molar-refractivity contribution < 1.29 is 19.1 Å². The summed E-state index contributed by atoms with van der Waals surface area (Å²) in [5.41, 5.74) is 1.09. The molecule has 0 aromatic heterocycles. The Labute approximate surface area is 134 Å². The van der Waals surface area contributed by atoms with E-state index in [4.69, 9.17) is 21.1 Å². The van der Waals surface area contributed by atoms with Crippen molar-refractivity contribution in [1.82, 2.24) is 0 Å². The van der Waals surface area contributed by atoms with Gasteiger partial charge >= 0.3 is 0 Å². The lowest BCUT2D eigenvalue weighted by Gasteiger charge is -2.41. The first kappa shape index (κ1) is 15.7. The van der Waals surface area contributed by atoms with E-state index in [1.54, 1.807) is 0 Å². The Morgan fingerprint density at radius 2 is 1.91 bits per heavy atom. The quantitative estimate of drug-likeness (QED) is 0.803. The van der Waals surface area contributed by atoms with Crippen LogP contribution < -0.4 is 0 Å². The predicted octanol–water partition coefficient (Wildman–Crippen LogP) is 2.75. The molecule has 1 aliphatic carbocycles. The van der Waals surface area contributed by atoms with E-state index in [1.165, 1.54) is 0 Å². The van der Waals surface area contributed by atoms with Gasteiger partial charge in [-0.2, -0.15) is 0 Å². The summed E-state index contributed by atoms with van der Waals surface area (Å²) in [6.45, 7) is 3.03. The molecule has 1 saturated heterocycles. The largest absolute Gasteiger partial charge is 0.347 e. The summed E-state index contributed by atoms with van der Waals surface area (Å²) < 4.78 is 11.3. The molecular formula is C17H19ClO4. The van der Waals surface area contributed by atoms with Crippen molar-refractivity contribution in [3.8, 4) is 0 Å². The van der Waals surface area contributed by atoms with Crippen LogP contribution in [0.4, 0.5) is 0 Å². The number of rotatable bonds is 3. The zero-order valence-electron chi connectivity index (χ0n) is 12.6. The molecule has 1 aliphatic heterocycles. The van der Waals surface area contributed by atoms with Crippen LogP contribution in [0.15, 0.2) is 24.3 Å². The lowest BCUT2D eigenvalue weighted by atomic mass is 9.67. The highest BCUT2D eigenvalue weighted by Crippen LogP contribution is 2.44. The highest BCUT2D eigenvalue weighted by molar-refractivity contribution is 6.63. The number of halogens is 1. The molecule has 5 heteroatoms.